The van der Waals surface area contributed by atoms with Gasteiger partial charge in [-0.2, -0.15) is 0 Å². The summed E-state index contributed by atoms with van der Waals surface area (Å²) in [4.78, 5) is 19.6. The highest BCUT2D eigenvalue weighted by molar-refractivity contribution is 7.90. The molecule has 0 saturated carbocycles. The van der Waals surface area contributed by atoms with Gasteiger partial charge in [0.15, 0.2) is 15.0 Å². The monoisotopic (exact) mass is 443 g/mol. The number of morpholine rings is 1. The summed E-state index contributed by atoms with van der Waals surface area (Å²) in [5.41, 5.74) is 2.52. The molecule has 9 heteroatoms. The molecule has 0 unspecified atom stereocenters. The van der Waals surface area contributed by atoms with E-state index < -0.39 is 15.7 Å². The van der Waals surface area contributed by atoms with Gasteiger partial charge in [0.25, 0.3) is 5.91 Å². The first-order chi connectivity index (χ1) is 14.4. The van der Waals surface area contributed by atoms with Gasteiger partial charge in [0.2, 0.25) is 0 Å². The van der Waals surface area contributed by atoms with Crippen molar-refractivity contribution in [1.82, 2.24) is 4.98 Å². The van der Waals surface area contributed by atoms with Crippen LogP contribution in [0, 0.1) is 0 Å². The third kappa shape index (κ3) is 4.53. The molecule has 1 saturated heterocycles. The first-order valence-corrected chi connectivity index (χ1v) is 12.2. The third-order valence-electron chi connectivity index (χ3n) is 4.74. The number of benzene rings is 2. The minimum absolute atomic E-state index is 0.0113. The van der Waals surface area contributed by atoms with Crippen LogP contribution in [0.15, 0.2) is 58.8 Å². The van der Waals surface area contributed by atoms with Crippen molar-refractivity contribution in [2.75, 3.05) is 42.8 Å². The van der Waals surface area contributed by atoms with E-state index in [2.05, 4.69) is 10.2 Å². The molecule has 2 heterocycles. The van der Waals surface area contributed by atoms with Gasteiger partial charge < -0.3 is 15.0 Å². The van der Waals surface area contributed by atoms with Crippen molar-refractivity contribution in [2.24, 2.45) is 0 Å². The Labute approximate surface area is 179 Å². The van der Waals surface area contributed by atoms with Gasteiger partial charge in [0, 0.05) is 36.0 Å². The molecule has 0 aliphatic carbocycles. The summed E-state index contributed by atoms with van der Waals surface area (Å²) in [5, 5.41) is 5.75. The summed E-state index contributed by atoms with van der Waals surface area (Å²) in [6.45, 7) is 3.11. The first kappa shape index (κ1) is 20.5. The number of carbonyl (C=O) groups is 1. The normalized spacial score (nSPS) is 14.5. The Morgan fingerprint density at radius 2 is 1.80 bits per heavy atom. The van der Waals surface area contributed by atoms with Crippen molar-refractivity contribution in [1.29, 1.82) is 0 Å². The van der Waals surface area contributed by atoms with E-state index in [9.17, 15) is 13.2 Å². The lowest BCUT2D eigenvalue weighted by atomic mass is 10.1. The van der Waals surface area contributed by atoms with E-state index >= 15 is 0 Å². The highest BCUT2D eigenvalue weighted by Crippen LogP contribution is 2.29. The molecule has 30 heavy (non-hydrogen) atoms. The zero-order valence-electron chi connectivity index (χ0n) is 16.4. The predicted octanol–water partition coefficient (Wildman–Crippen LogP) is 3.30. The second-order valence-corrected chi connectivity index (χ2v) is 9.74. The van der Waals surface area contributed by atoms with Gasteiger partial charge in [0.1, 0.15) is 0 Å². The van der Waals surface area contributed by atoms with Gasteiger partial charge in [0.05, 0.1) is 29.4 Å². The maximum absolute atomic E-state index is 12.6. The summed E-state index contributed by atoms with van der Waals surface area (Å²) < 4.78 is 29.2. The van der Waals surface area contributed by atoms with Crippen LogP contribution in [-0.2, 0) is 14.6 Å². The summed E-state index contributed by atoms with van der Waals surface area (Å²) in [7, 11) is -3.50. The lowest BCUT2D eigenvalue weighted by Gasteiger charge is -2.26. The Kier molecular flexibility index (Phi) is 5.85. The van der Waals surface area contributed by atoms with Crippen LogP contribution >= 0.6 is 11.3 Å². The van der Waals surface area contributed by atoms with Crippen LogP contribution in [0.3, 0.4) is 0 Å². The SMILES string of the molecule is CS(=O)(=O)c1ccccc1C(=O)Nc1ccc(-c2csc(N3CCOCC3)n2)cc1. The molecule has 0 spiro atoms. The number of hydrogen-bond donors (Lipinski definition) is 1. The smallest absolute Gasteiger partial charge is 0.256 e. The Hall–Kier alpha value is -2.75. The zero-order chi connectivity index (χ0) is 21.1. The van der Waals surface area contributed by atoms with E-state index in [0.29, 0.717) is 18.9 Å². The number of amides is 1. The maximum atomic E-state index is 12.6. The topological polar surface area (TPSA) is 88.6 Å². The van der Waals surface area contributed by atoms with E-state index in [-0.39, 0.29) is 10.5 Å². The predicted molar refractivity (Wildman–Crippen MR) is 118 cm³/mol. The van der Waals surface area contributed by atoms with Crippen molar-refractivity contribution >= 4 is 37.9 Å². The molecule has 1 aliphatic heterocycles. The molecule has 3 aromatic rings. The molecular formula is C21H21N3O4S2. The number of sulfone groups is 1. The molecule has 1 aliphatic rings. The lowest BCUT2D eigenvalue weighted by Crippen LogP contribution is -2.36. The van der Waals surface area contributed by atoms with Crippen LogP contribution in [0.5, 0.6) is 0 Å². The number of carbonyl (C=O) groups excluding carboxylic acids is 1. The van der Waals surface area contributed by atoms with Crippen molar-refractivity contribution < 1.29 is 17.9 Å². The number of anilines is 2. The standard InChI is InChI=1S/C21H21N3O4S2/c1-30(26,27)19-5-3-2-4-17(19)20(25)22-16-8-6-15(7-9-16)18-14-29-21(23-18)24-10-12-28-13-11-24/h2-9,14H,10-13H2,1H3,(H,22,25). The second kappa shape index (κ2) is 8.55. The Morgan fingerprint density at radius 3 is 2.50 bits per heavy atom. The van der Waals surface area contributed by atoms with Crippen molar-refractivity contribution in [3.8, 4) is 11.3 Å². The van der Waals surface area contributed by atoms with Gasteiger partial charge in [-0.15, -0.1) is 11.3 Å². The van der Waals surface area contributed by atoms with Crippen LogP contribution in [0.25, 0.3) is 11.3 Å². The highest BCUT2D eigenvalue weighted by Gasteiger charge is 2.18. The van der Waals surface area contributed by atoms with E-state index in [0.717, 1.165) is 35.7 Å². The average molecular weight is 444 g/mol. The summed E-state index contributed by atoms with van der Waals surface area (Å²) >= 11 is 1.60. The van der Waals surface area contributed by atoms with E-state index in [1.807, 2.05) is 17.5 Å². The molecule has 0 radical (unpaired) electrons. The fourth-order valence-electron chi connectivity index (χ4n) is 3.20. The minimum atomic E-state index is -3.50. The third-order valence-corrected chi connectivity index (χ3v) is 6.80. The first-order valence-electron chi connectivity index (χ1n) is 9.41. The minimum Gasteiger partial charge on any atom is -0.378 e. The number of nitrogens with zero attached hydrogens (tertiary/aromatic N) is 2. The lowest BCUT2D eigenvalue weighted by molar-refractivity contribution is 0.102. The van der Waals surface area contributed by atoms with Crippen molar-refractivity contribution in [2.45, 2.75) is 4.90 Å². The molecule has 2 aromatic carbocycles. The van der Waals surface area contributed by atoms with E-state index in [4.69, 9.17) is 9.72 Å². The van der Waals surface area contributed by atoms with Crippen LogP contribution in [0.2, 0.25) is 0 Å². The number of aromatic nitrogens is 1. The Balaban J connectivity index is 1.48. The molecule has 1 fully saturated rings. The summed E-state index contributed by atoms with van der Waals surface area (Å²) in [6.07, 6.45) is 1.09. The molecule has 156 valence electrons. The number of ether oxygens (including phenoxy) is 1. The van der Waals surface area contributed by atoms with Gasteiger partial charge in [-0.1, -0.05) is 24.3 Å². The second-order valence-electron chi connectivity index (χ2n) is 6.91. The summed E-state index contributed by atoms with van der Waals surface area (Å²) in [6, 6.07) is 13.5. The molecule has 4 rings (SSSR count). The van der Waals surface area contributed by atoms with Crippen LogP contribution < -0.4 is 10.2 Å². The Bertz CT molecular complexity index is 1150. The Morgan fingerprint density at radius 1 is 1.10 bits per heavy atom. The number of hydrogen-bond acceptors (Lipinski definition) is 7. The fraction of sp³-hybridized carbons (Fsp3) is 0.238. The zero-order valence-corrected chi connectivity index (χ0v) is 18.0. The maximum Gasteiger partial charge on any atom is 0.256 e. The molecule has 0 bridgehead atoms. The van der Waals surface area contributed by atoms with Crippen LogP contribution in [-0.4, -0.2) is 51.9 Å². The number of rotatable bonds is 5. The van der Waals surface area contributed by atoms with Crippen LogP contribution in [0.1, 0.15) is 10.4 Å². The van der Waals surface area contributed by atoms with Gasteiger partial charge in [-0.3, -0.25) is 4.79 Å². The summed E-state index contributed by atoms with van der Waals surface area (Å²) in [5.74, 6) is -0.466. The molecule has 1 amide bonds. The number of nitrogens with one attached hydrogen (secondary N) is 1. The van der Waals surface area contributed by atoms with Crippen LogP contribution in [0.4, 0.5) is 10.8 Å². The highest BCUT2D eigenvalue weighted by atomic mass is 32.2. The molecule has 1 N–H and O–H groups in total. The van der Waals surface area contributed by atoms with E-state index in [1.165, 1.54) is 12.1 Å². The van der Waals surface area contributed by atoms with Crippen molar-refractivity contribution in [3.63, 3.8) is 0 Å². The van der Waals surface area contributed by atoms with E-state index in [1.54, 1.807) is 35.6 Å². The van der Waals surface area contributed by atoms with Gasteiger partial charge >= 0.3 is 0 Å². The van der Waals surface area contributed by atoms with Crippen molar-refractivity contribution in [3.05, 3.63) is 59.5 Å². The average Bonchev–Trinajstić information content (AvgIpc) is 3.25. The molecular weight excluding hydrogens is 422 g/mol. The molecule has 1 aromatic heterocycles. The number of thiazole rings is 1. The molecule has 0 atom stereocenters. The molecule has 7 nitrogen and oxygen atoms in total. The largest absolute Gasteiger partial charge is 0.378 e. The van der Waals surface area contributed by atoms with Gasteiger partial charge in [-0.05, 0) is 24.3 Å². The van der Waals surface area contributed by atoms with Gasteiger partial charge in [-0.25, -0.2) is 13.4 Å². The fourth-order valence-corrected chi connectivity index (χ4v) is 4.97. The quantitative estimate of drug-likeness (QED) is 0.651.